The van der Waals surface area contributed by atoms with Crippen molar-refractivity contribution in [1.29, 1.82) is 0 Å². The van der Waals surface area contributed by atoms with Gasteiger partial charge in [0.05, 0.1) is 0 Å². The van der Waals surface area contributed by atoms with Crippen LogP contribution in [0.25, 0.3) is 0 Å². The lowest BCUT2D eigenvalue weighted by atomic mass is 10.0. The molecule has 0 aliphatic carbocycles. The van der Waals surface area contributed by atoms with Crippen molar-refractivity contribution >= 4 is 27.7 Å². The van der Waals surface area contributed by atoms with Gasteiger partial charge < -0.3 is 5.73 Å². The molecule has 1 aliphatic heterocycles. The summed E-state index contributed by atoms with van der Waals surface area (Å²) in [6.45, 7) is 7.40. The van der Waals surface area contributed by atoms with E-state index >= 15 is 0 Å². The molecule has 1 aromatic rings. The fraction of sp³-hybridized carbons (Fsp3) is 0.600. The molecule has 2 nitrogen and oxygen atoms in total. The number of hydrogen-bond donors (Lipinski definition) is 1. The third kappa shape index (κ3) is 3.75. The van der Waals surface area contributed by atoms with Gasteiger partial charge >= 0.3 is 0 Å². The van der Waals surface area contributed by atoms with Gasteiger partial charge in [0.1, 0.15) is 0 Å². The fourth-order valence-corrected chi connectivity index (χ4v) is 4.19. The van der Waals surface area contributed by atoms with E-state index in [4.69, 9.17) is 5.73 Å². The number of benzene rings is 1. The molecule has 2 unspecified atom stereocenters. The Balaban J connectivity index is 2.16. The fourth-order valence-electron chi connectivity index (χ4n) is 2.58. The Kier molecular flexibility index (Phi) is 5.75. The zero-order valence-electron chi connectivity index (χ0n) is 11.7. The number of aryl methyl sites for hydroxylation is 1. The Labute approximate surface area is 129 Å². The van der Waals surface area contributed by atoms with Crippen molar-refractivity contribution in [3.05, 3.63) is 33.8 Å². The van der Waals surface area contributed by atoms with Gasteiger partial charge in [-0.1, -0.05) is 35.0 Å². The molecule has 1 aromatic carbocycles. The van der Waals surface area contributed by atoms with Crippen LogP contribution in [0, 0.1) is 6.92 Å². The van der Waals surface area contributed by atoms with Crippen molar-refractivity contribution < 1.29 is 0 Å². The minimum absolute atomic E-state index is 0.354. The molecule has 0 amide bonds. The van der Waals surface area contributed by atoms with Crippen LogP contribution in [0.4, 0.5) is 0 Å². The van der Waals surface area contributed by atoms with Gasteiger partial charge in [-0.25, -0.2) is 0 Å². The molecule has 0 aromatic heterocycles. The molecule has 0 radical (unpaired) electrons. The van der Waals surface area contributed by atoms with Gasteiger partial charge in [0.15, 0.2) is 0 Å². The predicted molar refractivity (Wildman–Crippen MR) is 88.8 cm³/mol. The number of hydrogen-bond acceptors (Lipinski definition) is 3. The molecule has 1 heterocycles. The molecule has 0 bridgehead atoms. The molecule has 4 heteroatoms. The van der Waals surface area contributed by atoms with Gasteiger partial charge in [0, 0.05) is 41.2 Å². The Morgan fingerprint density at radius 2 is 2.32 bits per heavy atom. The lowest BCUT2D eigenvalue weighted by molar-refractivity contribution is 0.207. The molecule has 0 saturated carbocycles. The summed E-state index contributed by atoms with van der Waals surface area (Å²) < 4.78 is 1.18. The Hall–Kier alpha value is -0.0300. The SMILES string of the molecule is CCC1CN(C(CN)c2ccc(C)c(Br)c2)CCS1. The van der Waals surface area contributed by atoms with Crippen molar-refractivity contribution in [2.75, 3.05) is 25.4 Å². The summed E-state index contributed by atoms with van der Waals surface area (Å²) in [5.74, 6) is 1.22. The van der Waals surface area contributed by atoms with Crippen molar-refractivity contribution in [2.45, 2.75) is 31.6 Å². The first-order valence-electron chi connectivity index (χ1n) is 6.97. The monoisotopic (exact) mass is 342 g/mol. The average Bonchev–Trinajstić information content (AvgIpc) is 2.44. The van der Waals surface area contributed by atoms with Gasteiger partial charge in [0.25, 0.3) is 0 Å². The molecule has 1 aliphatic rings. The Morgan fingerprint density at radius 3 is 2.95 bits per heavy atom. The summed E-state index contributed by atoms with van der Waals surface area (Å²) in [7, 11) is 0. The van der Waals surface area contributed by atoms with Gasteiger partial charge in [-0.15, -0.1) is 0 Å². The second kappa shape index (κ2) is 7.11. The summed E-state index contributed by atoms with van der Waals surface area (Å²) in [6.07, 6.45) is 1.25. The van der Waals surface area contributed by atoms with Crippen molar-refractivity contribution in [2.24, 2.45) is 5.73 Å². The molecule has 106 valence electrons. The standard InChI is InChI=1S/C15H23BrN2S/c1-3-13-10-18(6-7-19-13)15(9-17)12-5-4-11(2)14(16)8-12/h4-5,8,13,15H,3,6-7,9-10,17H2,1-2H3. The highest BCUT2D eigenvalue weighted by Gasteiger charge is 2.25. The van der Waals surface area contributed by atoms with Crippen LogP contribution < -0.4 is 5.73 Å². The molecule has 19 heavy (non-hydrogen) atoms. The van der Waals surface area contributed by atoms with Gasteiger partial charge in [-0.05, 0) is 30.5 Å². The lowest BCUT2D eigenvalue weighted by Gasteiger charge is -2.37. The Morgan fingerprint density at radius 1 is 1.53 bits per heavy atom. The second-order valence-corrected chi connectivity index (χ2v) is 7.42. The van der Waals surface area contributed by atoms with Crippen molar-refractivity contribution in [3.8, 4) is 0 Å². The number of halogens is 1. The van der Waals surface area contributed by atoms with Crippen LogP contribution in [-0.2, 0) is 0 Å². The molecular formula is C15H23BrN2S. The minimum Gasteiger partial charge on any atom is -0.329 e. The first kappa shape index (κ1) is 15.4. The van der Waals surface area contributed by atoms with Crippen LogP contribution in [0.3, 0.4) is 0 Å². The van der Waals surface area contributed by atoms with E-state index in [1.165, 1.54) is 27.8 Å². The zero-order chi connectivity index (χ0) is 13.8. The maximum Gasteiger partial charge on any atom is 0.0471 e. The summed E-state index contributed by atoms with van der Waals surface area (Å²) in [5.41, 5.74) is 8.66. The van der Waals surface area contributed by atoms with Crippen LogP contribution in [0.5, 0.6) is 0 Å². The van der Waals surface area contributed by atoms with E-state index in [2.05, 4.69) is 64.6 Å². The van der Waals surface area contributed by atoms with Crippen LogP contribution in [-0.4, -0.2) is 35.5 Å². The molecule has 0 spiro atoms. The van der Waals surface area contributed by atoms with Crippen LogP contribution in [0.15, 0.2) is 22.7 Å². The third-order valence-corrected chi connectivity index (χ3v) is 6.10. The number of nitrogens with two attached hydrogens (primary N) is 1. The first-order valence-corrected chi connectivity index (χ1v) is 8.81. The van der Waals surface area contributed by atoms with E-state index in [1.807, 2.05) is 0 Å². The highest BCUT2D eigenvalue weighted by atomic mass is 79.9. The number of nitrogens with zero attached hydrogens (tertiary/aromatic N) is 1. The van der Waals surface area contributed by atoms with E-state index < -0.39 is 0 Å². The van der Waals surface area contributed by atoms with E-state index in [-0.39, 0.29) is 0 Å². The average molecular weight is 343 g/mol. The summed E-state index contributed by atoms with van der Waals surface area (Å²) >= 11 is 5.73. The van der Waals surface area contributed by atoms with Gasteiger partial charge in [0.2, 0.25) is 0 Å². The first-order chi connectivity index (χ1) is 9.15. The maximum atomic E-state index is 6.05. The maximum absolute atomic E-state index is 6.05. The van der Waals surface area contributed by atoms with Crippen LogP contribution in [0.1, 0.15) is 30.5 Å². The third-order valence-electron chi connectivity index (χ3n) is 3.87. The molecule has 2 N–H and O–H groups in total. The minimum atomic E-state index is 0.354. The smallest absolute Gasteiger partial charge is 0.0471 e. The van der Waals surface area contributed by atoms with Gasteiger partial charge in [-0.3, -0.25) is 4.90 Å². The lowest BCUT2D eigenvalue weighted by Crippen LogP contribution is -2.42. The molecular weight excluding hydrogens is 320 g/mol. The second-order valence-electron chi connectivity index (χ2n) is 5.16. The summed E-state index contributed by atoms with van der Waals surface area (Å²) in [5, 5.41) is 0.761. The van der Waals surface area contributed by atoms with E-state index in [0.717, 1.165) is 18.3 Å². The highest BCUT2D eigenvalue weighted by molar-refractivity contribution is 9.10. The predicted octanol–water partition coefficient (Wildman–Crippen LogP) is 3.58. The van der Waals surface area contributed by atoms with E-state index in [1.54, 1.807) is 0 Å². The van der Waals surface area contributed by atoms with Crippen molar-refractivity contribution in [3.63, 3.8) is 0 Å². The quantitative estimate of drug-likeness (QED) is 0.906. The van der Waals surface area contributed by atoms with Gasteiger partial charge in [-0.2, -0.15) is 11.8 Å². The van der Waals surface area contributed by atoms with Crippen LogP contribution >= 0.6 is 27.7 Å². The molecule has 1 fully saturated rings. The largest absolute Gasteiger partial charge is 0.329 e. The molecule has 2 rings (SSSR count). The van der Waals surface area contributed by atoms with E-state index in [9.17, 15) is 0 Å². The highest BCUT2D eigenvalue weighted by Crippen LogP contribution is 2.30. The summed E-state index contributed by atoms with van der Waals surface area (Å²) in [6, 6.07) is 6.99. The topological polar surface area (TPSA) is 29.3 Å². The number of thioether (sulfide) groups is 1. The number of rotatable bonds is 4. The normalized spacial score (nSPS) is 22.4. The Bertz CT molecular complexity index is 425. The van der Waals surface area contributed by atoms with Crippen molar-refractivity contribution in [1.82, 2.24) is 4.90 Å². The molecule has 2 atom stereocenters. The van der Waals surface area contributed by atoms with Crippen LogP contribution in [0.2, 0.25) is 0 Å². The summed E-state index contributed by atoms with van der Waals surface area (Å²) in [4.78, 5) is 2.56. The molecule has 1 saturated heterocycles. The zero-order valence-corrected chi connectivity index (χ0v) is 14.1. The van der Waals surface area contributed by atoms with E-state index in [0.29, 0.717) is 12.6 Å².